The quantitative estimate of drug-likeness (QED) is 0.179. The Labute approximate surface area is 314 Å². The molecule has 0 aliphatic carbocycles. The van der Waals surface area contributed by atoms with Crippen LogP contribution in [0.4, 0.5) is 0 Å². The Balaban J connectivity index is 1.13. The maximum Gasteiger partial charge on any atom is 0.165 e. The normalized spacial score (nSPS) is 11.7. The number of fused-ring (bicyclic) bond motifs is 8. The topological polar surface area (TPSA) is 51.8 Å². The Morgan fingerprint density at radius 1 is 0.333 bits per heavy atom. The molecule has 0 atom stereocenters. The van der Waals surface area contributed by atoms with E-state index in [-0.39, 0.29) is 0 Å². The number of hydrogen-bond donors (Lipinski definition) is 0. The van der Waals surface area contributed by atoms with Gasteiger partial charge in [0.15, 0.2) is 17.5 Å². The summed E-state index contributed by atoms with van der Waals surface area (Å²) in [5, 5.41) is 7.02. The van der Waals surface area contributed by atoms with Crippen LogP contribution in [0.1, 0.15) is 0 Å². The first kappa shape index (κ1) is 30.7. The molecule has 0 unspecified atom stereocenters. The number of benzene rings is 8. The molecule has 0 bridgehead atoms. The van der Waals surface area contributed by atoms with Crippen molar-refractivity contribution in [2.45, 2.75) is 0 Å². The molecule has 0 aliphatic heterocycles. The monoisotopic (exact) mass is 707 g/mol. The third kappa shape index (κ3) is 5.09. The summed E-state index contributed by atoms with van der Waals surface area (Å²) in [6.45, 7) is 0. The number of thiophene rings is 1. The van der Waals surface area contributed by atoms with Crippen molar-refractivity contribution in [2.75, 3.05) is 0 Å². The van der Waals surface area contributed by atoms with E-state index in [0.29, 0.717) is 17.5 Å². The van der Waals surface area contributed by atoms with Crippen molar-refractivity contribution in [3.8, 4) is 56.4 Å². The van der Waals surface area contributed by atoms with E-state index < -0.39 is 0 Å². The molecule has 3 heterocycles. The molecule has 0 amide bonds. The van der Waals surface area contributed by atoms with Crippen LogP contribution in [0.3, 0.4) is 0 Å². The molecule has 8 aromatic carbocycles. The third-order valence-corrected chi connectivity index (χ3v) is 11.6. The fraction of sp³-hybridized carbons (Fsp3) is 0. The smallest absolute Gasteiger partial charge is 0.165 e. The van der Waals surface area contributed by atoms with Gasteiger partial charge in [0.2, 0.25) is 0 Å². The second-order valence-electron chi connectivity index (χ2n) is 13.6. The van der Waals surface area contributed by atoms with E-state index in [9.17, 15) is 0 Å². The molecular formula is C49H29N3OS. The van der Waals surface area contributed by atoms with E-state index in [1.54, 1.807) is 11.3 Å². The molecule has 3 aromatic heterocycles. The largest absolute Gasteiger partial charge is 0.456 e. The van der Waals surface area contributed by atoms with Crippen LogP contribution in [0.2, 0.25) is 0 Å². The molecule has 252 valence electrons. The Hall–Kier alpha value is -6.95. The van der Waals surface area contributed by atoms with Gasteiger partial charge in [-0.25, -0.2) is 15.0 Å². The van der Waals surface area contributed by atoms with Gasteiger partial charge in [0.05, 0.1) is 0 Å². The molecule has 11 rings (SSSR count). The molecule has 11 aromatic rings. The highest BCUT2D eigenvalue weighted by atomic mass is 32.1. The first-order chi connectivity index (χ1) is 26.7. The lowest BCUT2D eigenvalue weighted by Crippen LogP contribution is -2.00. The van der Waals surface area contributed by atoms with Gasteiger partial charge < -0.3 is 4.42 Å². The highest BCUT2D eigenvalue weighted by Gasteiger charge is 2.19. The SMILES string of the molecule is c1ccc(-c2cccc(-c3nc(-c4ccc5oc6ccc(-c7ccccc7)cc6c5c4)nc(-c4cccc5c4sc4c6ccccc6ccc54)n3)c2)cc1. The van der Waals surface area contributed by atoms with Crippen molar-refractivity contribution in [1.29, 1.82) is 0 Å². The molecule has 0 radical (unpaired) electrons. The summed E-state index contributed by atoms with van der Waals surface area (Å²) in [7, 11) is 0. The predicted octanol–water partition coefficient (Wildman–Crippen LogP) is 13.6. The molecule has 54 heavy (non-hydrogen) atoms. The lowest BCUT2D eigenvalue weighted by molar-refractivity contribution is 0.669. The fourth-order valence-corrected chi connectivity index (χ4v) is 9.00. The first-order valence-corrected chi connectivity index (χ1v) is 18.8. The number of aromatic nitrogens is 3. The molecule has 0 aliphatic rings. The van der Waals surface area contributed by atoms with Gasteiger partial charge in [-0.2, -0.15) is 0 Å². The van der Waals surface area contributed by atoms with Crippen LogP contribution < -0.4 is 0 Å². The van der Waals surface area contributed by atoms with Crippen molar-refractivity contribution in [1.82, 2.24) is 15.0 Å². The molecule has 0 fully saturated rings. The summed E-state index contributed by atoms with van der Waals surface area (Å²) in [5.41, 5.74) is 9.04. The second-order valence-corrected chi connectivity index (χ2v) is 14.6. The zero-order valence-corrected chi connectivity index (χ0v) is 29.7. The van der Waals surface area contributed by atoms with Crippen LogP contribution in [0, 0.1) is 0 Å². The summed E-state index contributed by atoms with van der Waals surface area (Å²) in [6.07, 6.45) is 0. The van der Waals surface area contributed by atoms with Crippen LogP contribution in [0.25, 0.3) is 109 Å². The zero-order valence-electron chi connectivity index (χ0n) is 28.9. The zero-order chi connectivity index (χ0) is 35.6. The van der Waals surface area contributed by atoms with Crippen LogP contribution in [-0.2, 0) is 0 Å². The van der Waals surface area contributed by atoms with Crippen molar-refractivity contribution < 1.29 is 4.42 Å². The average Bonchev–Trinajstić information content (AvgIpc) is 3.82. The molecule has 5 heteroatoms. The Kier molecular flexibility index (Phi) is 7.00. The van der Waals surface area contributed by atoms with Gasteiger partial charge in [-0.05, 0) is 75.5 Å². The van der Waals surface area contributed by atoms with Gasteiger partial charge in [0, 0.05) is 47.6 Å². The number of hydrogen-bond acceptors (Lipinski definition) is 5. The summed E-state index contributed by atoms with van der Waals surface area (Å²) in [6, 6.07) is 61.5. The number of rotatable bonds is 5. The van der Waals surface area contributed by atoms with E-state index in [1.165, 1.54) is 26.2 Å². The minimum atomic E-state index is 0.610. The minimum absolute atomic E-state index is 0.610. The third-order valence-electron chi connectivity index (χ3n) is 10.3. The first-order valence-electron chi connectivity index (χ1n) is 18.0. The fourth-order valence-electron chi connectivity index (χ4n) is 7.65. The van der Waals surface area contributed by atoms with E-state index in [4.69, 9.17) is 19.4 Å². The Morgan fingerprint density at radius 3 is 1.63 bits per heavy atom. The molecule has 0 spiro atoms. The summed E-state index contributed by atoms with van der Waals surface area (Å²) in [5.74, 6) is 1.88. The number of nitrogens with zero attached hydrogens (tertiary/aromatic N) is 3. The highest BCUT2D eigenvalue weighted by molar-refractivity contribution is 7.27. The highest BCUT2D eigenvalue weighted by Crippen LogP contribution is 2.43. The average molecular weight is 708 g/mol. The van der Waals surface area contributed by atoms with Crippen molar-refractivity contribution in [3.63, 3.8) is 0 Å². The standard InChI is InChI=1S/C49H29N3OS/c1-3-11-30(12-4-1)33-16-9-17-35(27-33)47-50-48(36-23-26-44-42(29-36)41-28-34(22-25-43(41)53-44)31-13-5-2-6-14-31)52-49(51-47)40-20-10-19-38-39-24-21-32-15-7-8-18-37(32)45(39)54-46(38)40/h1-29H. The van der Waals surface area contributed by atoms with Crippen LogP contribution in [-0.4, -0.2) is 15.0 Å². The van der Waals surface area contributed by atoms with Gasteiger partial charge in [-0.1, -0.05) is 133 Å². The molecule has 0 saturated carbocycles. The van der Waals surface area contributed by atoms with E-state index >= 15 is 0 Å². The van der Waals surface area contributed by atoms with Gasteiger partial charge >= 0.3 is 0 Å². The second kappa shape index (κ2) is 12.3. The Bertz CT molecular complexity index is 3220. The van der Waals surface area contributed by atoms with Gasteiger partial charge in [-0.3, -0.25) is 0 Å². The van der Waals surface area contributed by atoms with Crippen molar-refractivity contribution >= 4 is 64.2 Å². The predicted molar refractivity (Wildman–Crippen MR) is 225 cm³/mol. The number of furan rings is 1. The van der Waals surface area contributed by atoms with E-state index in [2.05, 4.69) is 158 Å². The maximum absolute atomic E-state index is 6.33. The van der Waals surface area contributed by atoms with Crippen molar-refractivity contribution in [3.05, 3.63) is 176 Å². The summed E-state index contributed by atoms with van der Waals surface area (Å²) in [4.78, 5) is 15.7. The minimum Gasteiger partial charge on any atom is -0.456 e. The molecule has 4 nitrogen and oxygen atoms in total. The van der Waals surface area contributed by atoms with E-state index in [0.717, 1.165) is 65.6 Å². The lowest BCUT2D eigenvalue weighted by Gasteiger charge is -2.10. The van der Waals surface area contributed by atoms with Crippen molar-refractivity contribution in [2.24, 2.45) is 0 Å². The maximum atomic E-state index is 6.33. The summed E-state index contributed by atoms with van der Waals surface area (Å²) >= 11 is 1.81. The van der Waals surface area contributed by atoms with Crippen LogP contribution in [0.15, 0.2) is 180 Å². The van der Waals surface area contributed by atoms with Gasteiger partial charge in [0.25, 0.3) is 0 Å². The Morgan fingerprint density at radius 2 is 0.870 bits per heavy atom. The van der Waals surface area contributed by atoms with Crippen LogP contribution >= 0.6 is 11.3 Å². The van der Waals surface area contributed by atoms with E-state index in [1.807, 2.05) is 18.2 Å². The molecule has 0 saturated heterocycles. The molecular weight excluding hydrogens is 679 g/mol. The summed E-state index contributed by atoms with van der Waals surface area (Å²) < 4.78 is 8.76. The van der Waals surface area contributed by atoms with Gasteiger partial charge in [0.1, 0.15) is 11.2 Å². The molecule has 0 N–H and O–H groups in total. The van der Waals surface area contributed by atoms with Gasteiger partial charge in [-0.15, -0.1) is 11.3 Å². The lowest BCUT2D eigenvalue weighted by atomic mass is 10.0. The van der Waals surface area contributed by atoms with Crippen LogP contribution in [0.5, 0.6) is 0 Å².